The van der Waals surface area contributed by atoms with Gasteiger partial charge in [0, 0.05) is 19.4 Å². The molecule has 6 atom stereocenters. The first-order chi connectivity index (χ1) is 14.7. The second kappa shape index (κ2) is 11.0. The topological polar surface area (TPSA) is 47.9 Å². The van der Waals surface area contributed by atoms with Gasteiger partial charge >= 0.3 is 0 Å². The Balaban J connectivity index is 2.22. The van der Waals surface area contributed by atoms with E-state index in [1.807, 2.05) is 0 Å². The van der Waals surface area contributed by atoms with Gasteiger partial charge in [0.15, 0.2) is 14.1 Å². The Kier molecular flexibility index (Phi) is 9.66. The maximum atomic E-state index is 9.38. The lowest BCUT2D eigenvalue weighted by Gasteiger charge is -2.52. The lowest BCUT2D eigenvalue weighted by Crippen LogP contribution is -2.56. The number of rotatable bonds is 8. The van der Waals surface area contributed by atoms with Gasteiger partial charge in [-0.1, -0.05) is 60.1 Å². The molecule has 188 valence electrons. The van der Waals surface area contributed by atoms with E-state index in [0.29, 0.717) is 17.8 Å². The Morgan fingerprint density at radius 1 is 1.22 bits per heavy atom. The fourth-order valence-electron chi connectivity index (χ4n) is 5.05. The van der Waals surface area contributed by atoms with Crippen LogP contribution in [-0.4, -0.2) is 44.1 Å². The molecule has 2 saturated heterocycles. The van der Waals surface area contributed by atoms with Gasteiger partial charge in [-0.05, 0) is 68.5 Å². The maximum Gasteiger partial charge on any atom is 0.192 e. The molecule has 1 spiro atoms. The van der Waals surface area contributed by atoms with E-state index in [4.69, 9.17) is 13.9 Å². The molecule has 2 aliphatic rings. The van der Waals surface area contributed by atoms with E-state index >= 15 is 0 Å². The summed E-state index contributed by atoms with van der Waals surface area (Å²) in [4.78, 5) is 0. The molecule has 0 aliphatic carbocycles. The first-order valence-corrected chi connectivity index (χ1v) is 15.9. The molecule has 2 fully saturated rings. The van der Waals surface area contributed by atoms with Crippen LogP contribution < -0.4 is 0 Å². The van der Waals surface area contributed by atoms with Crippen molar-refractivity contribution in [1.29, 1.82) is 0 Å². The summed E-state index contributed by atoms with van der Waals surface area (Å²) in [5.41, 5.74) is 1.33. The van der Waals surface area contributed by atoms with Gasteiger partial charge in [-0.2, -0.15) is 0 Å². The Bertz CT molecular complexity index is 624. The molecule has 5 heteroatoms. The second-order valence-corrected chi connectivity index (χ2v) is 17.5. The van der Waals surface area contributed by atoms with Crippen LogP contribution in [0.3, 0.4) is 0 Å². The molecule has 0 saturated carbocycles. The van der Waals surface area contributed by atoms with Gasteiger partial charge in [0.05, 0.1) is 18.3 Å². The zero-order valence-corrected chi connectivity index (χ0v) is 23.7. The van der Waals surface area contributed by atoms with Gasteiger partial charge in [-0.25, -0.2) is 0 Å². The highest BCUT2D eigenvalue weighted by atomic mass is 28.4. The SMILES string of the molecule is C/C(=C\C[C@@H]1C[C@H](O[Si](C)(C)C(C)(C)C)C[C@]2(CC[C@H](C)[C@@H](C(C)C)O2)O1)C[C@@H](C)CO. The van der Waals surface area contributed by atoms with E-state index in [9.17, 15) is 5.11 Å². The maximum absolute atomic E-state index is 9.38. The van der Waals surface area contributed by atoms with E-state index in [-0.39, 0.29) is 30.0 Å². The van der Waals surface area contributed by atoms with E-state index < -0.39 is 14.1 Å². The van der Waals surface area contributed by atoms with Crippen LogP contribution in [0.4, 0.5) is 0 Å². The van der Waals surface area contributed by atoms with Crippen LogP contribution in [0.15, 0.2) is 11.6 Å². The van der Waals surface area contributed by atoms with Gasteiger partial charge in [0.25, 0.3) is 0 Å². The highest BCUT2D eigenvalue weighted by molar-refractivity contribution is 6.74. The van der Waals surface area contributed by atoms with Crippen LogP contribution in [0.25, 0.3) is 0 Å². The number of aliphatic hydroxyl groups is 1. The van der Waals surface area contributed by atoms with Crippen LogP contribution in [0.2, 0.25) is 18.1 Å². The highest BCUT2D eigenvalue weighted by Crippen LogP contribution is 2.46. The molecule has 2 aliphatic heterocycles. The Labute approximate surface area is 199 Å². The predicted octanol–water partition coefficient (Wildman–Crippen LogP) is 7.08. The molecular formula is C27H52O4Si. The minimum atomic E-state index is -1.88. The van der Waals surface area contributed by atoms with Crippen molar-refractivity contribution in [2.75, 3.05) is 6.61 Å². The molecule has 0 amide bonds. The predicted molar refractivity (Wildman–Crippen MR) is 136 cm³/mol. The van der Waals surface area contributed by atoms with Crippen LogP contribution in [0.5, 0.6) is 0 Å². The fraction of sp³-hybridized carbons (Fsp3) is 0.926. The van der Waals surface area contributed by atoms with E-state index in [0.717, 1.165) is 38.5 Å². The van der Waals surface area contributed by atoms with E-state index in [1.165, 1.54) is 5.57 Å². The molecule has 4 nitrogen and oxygen atoms in total. The van der Waals surface area contributed by atoms with E-state index in [2.05, 4.69) is 74.6 Å². The summed E-state index contributed by atoms with van der Waals surface area (Å²) < 4.78 is 20.5. The van der Waals surface area contributed by atoms with Gasteiger partial charge in [-0.3, -0.25) is 0 Å². The molecule has 2 rings (SSSR count). The summed E-state index contributed by atoms with van der Waals surface area (Å²) in [6, 6.07) is 0. The molecule has 0 aromatic rings. The van der Waals surface area contributed by atoms with Crippen molar-refractivity contribution in [3.05, 3.63) is 11.6 Å². The van der Waals surface area contributed by atoms with E-state index in [1.54, 1.807) is 0 Å². The average molecular weight is 469 g/mol. The minimum Gasteiger partial charge on any atom is -0.414 e. The van der Waals surface area contributed by atoms with Crippen molar-refractivity contribution >= 4 is 8.32 Å². The Morgan fingerprint density at radius 3 is 2.44 bits per heavy atom. The number of hydrogen-bond donors (Lipinski definition) is 1. The lowest BCUT2D eigenvalue weighted by atomic mass is 9.83. The summed E-state index contributed by atoms with van der Waals surface area (Å²) in [5, 5.41) is 9.57. The summed E-state index contributed by atoms with van der Waals surface area (Å²) in [6.45, 7) is 23.0. The normalized spacial score (nSPS) is 33.7. The zero-order chi connectivity index (χ0) is 24.3. The van der Waals surface area contributed by atoms with Crippen molar-refractivity contribution in [2.24, 2.45) is 17.8 Å². The monoisotopic (exact) mass is 468 g/mol. The smallest absolute Gasteiger partial charge is 0.192 e. The number of ether oxygens (including phenoxy) is 2. The third kappa shape index (κ3) is 7.40. The molecule has 0 radical (unpaired) electrons. The standard InChI is InChI=1S/C27H52O4Si/c1-19(2)25-22(5)13-14-27(30-25)17-24(31-32(9,10)26(6,7)8)16-23(29-27)12-11-20(3)15-21(4)18-28/h11,19,21-25,28H,12-18H2,1-10H3/b20-11+/t21-,22+,23-,24+,25-,27-/m1/s1. The van der Waals surface area contributed by atoms with Gasteiger partial charge in [0.1, 0.15) is 0 Å². The summed E-state index contributed by atoms with van der Waals surface area (Å²) in [5.74, 6) is 0.825. The highest BCUT2D eigenvalue weighted by Gasteiger charge is 2.50. The Morgan fingerprint density at radius 2 is 1.88 bits per heavy atom. The van der Waals surface area contributed by atoms with Crippen LogP contribution in [0, 0.1) is 17.8 Å². The lowest BCUT2D eigenvalue weighted by molar-refractivity contribution is -0.338. The van der Waals surface area contributed by atoms with Crippen molar-refractivity contribution in [3.8, 4) is 0 Å². The second-order valence-electron chi connectivity index (χ2n) is 12.7. The molecule has 0 bridgehead atoms. The van der Waals surface area contributed by atoms with Gasteiger partial charge in [-0.15, -0.1) is 0 Å². The molecule has 32 heavy (non-hydrogen) atoms. The molecule has 2 heterocycles. The third-order valence-corrected chi connectivity index (χ3v) is 12.5. The minimum absolute atomic E-state index is 0.110. The number of allylic oxidation sites excluding steroid dienone is 1. The van der Waals surface area contributed by atoms with Crippen molar-refractivity contribution in [1.82, 2.24) is 0 Å². The molecule has 1 N–H and O–H groups in total. The van der Waals surface area contributed by atoms with Crippen molar-refractivity contribution in [3.63, 3.8) is 0 Å². The van der Waals surface area contributed by atoms with Gasteiger partial charge in [0.2, 0.25) is 0 Å². The summed E-state index contributed by atoms with van der Waals surface area (Å²) in [7, 11) is -1.88. The third-order valence-electron chi connectivity index (χ3n) is 7.97. The van der Waals surface area contributed by atoms with Gasteiger partial charge < -0.3 is 19.0 Å². The van der Waals surface area contributed by atoms with Crippen molar-refractivity contribution in [2.45, 2.75) is 136 Å². The van der Waals surface area contributed by atoms with Crippen LogP contribution in [-0.2, 0) is 13.9 Å². The summed E-state index contributed by atoms with van der Waals surface area (Å²) >= 11 is 0. The molecular weight excluding hydrogens is 416 g/mol. The largest absolute Gasteiger partial charge is 0.414 e. The van der Waals surface area contributed by atoms with Crippen molar-refractivity contribution < 1.29 is 19.0 Å². The molecule has 0 aromatic carbocycles. The first-order valence-electron chi connectivity index (χ1n) is 13.0. The molecule has 0 unspecified atom stereocenters. The van der Waals surface area contributed by atoms with Crippen LogP contribution in [0.1, 0.15) is 93.9 Å². The fourth-order valence-corrected chi connectivity index (χ4v) is 6.41. The number of aliphatic hydroxyl groups excluding tert-OH is 1. The molecule has 0 aromatic heterocycles. The average Bonchev–Trinajstić information content (AvgIpc) is 2.66. The summed E-state index contributed by atoms with van der Waals surface area (Å²) in [6.07, 6.45) is 8.52. The Hall–Kier alpha value is -0.203. The van der Waals surface area contributed by atoms with Crippen LogP contribution >= 0.6 is 0 Å². The number of hydrogen-bond acceptors (Lipinski definition) is 4. The first kappa shape index (κ1) is 28.0. The zero-order valence-electron chi connectivity index (χ0n) is 22.7. The quantitative estimate of drug-likeness (QED) is 0.305.